The molecule has 3 rings (SSSR count). The van der Waals surface area contributed by atoms with Crippen LogP contribution in [0.2, 0.25) is 0 Å². The Bertz CT molecular complexity index is 784. The van der Waals surface area contributed by atoms with Gasteiger partial charge in [0.1, 0.15) is 23.7 Å². The molecule has 0 atom stereocenters. The predicted molar refractivity (Wildman–Crippen MR) is 78.7 cm³/mol. The van der Waals surface area contributed by atoms with Crippen molar-refractivity contribution >= 4 is 16.9 Å². The van der Waals surface area contributed by atoms with E-state index in [1.165, 1.54) is 0 Å². The van der Waals surface area contributed by atoms with Gasteiger partial charge in [0.2, 0.25) is 0 Å². The third kappa shape index (κ3) is 2.74. The summed E-state index contributed by atoms with van der Waals surface area (Å²) in [6, 6.07) is 14.4. The largest absolute Gasteiger partial charge is 0.486 e. The molecule has 0 saturated carbocycles. The van der Waals surface area contributed by atoms with Gasteiger partial charge in [0.05, 0.1) is 5.56 Å². The first-order valence-corrected chi connectivity index (χ1v) is 6.58. The summed E-state index contributed by atoms with van der Waals surface area (Å²) in [4.78, 5) is 11.2. The highest BCUT2D eigenvalue weighted by molar-refractivity contribution is 6.02. The number of carboxylic acid groups (broad SMARTS) is 1. The third-order valence-corrected chi connectivity index (χ3v) is 3.24. The molecule has 1 N–H and O–H groups in total. The molecule has 0 aliphatic heterocycles. The van der Waals surface area contributed by atoms with Crippen molar-refractivity contribution in [2.75, 3.05) is 0 Å². The zero-order valence-corrected chi connectivity index (χ0v) is 11.5. The van der Waals surface area contributed by atoms with Crippen LogP contribution in [0.4, 0.5) is 0 Å². The highest BCUT2D eigenvalue weighted by atomic mass is 16.5. The molecule has 0 aliphatic rings. The first-order valence-electron chi connectivity index (χ1n) is 6.58. The molecule has 3 aromatic rings. The Labute approximate surface area is 121 Å². The molecular weight excluding hydrogens is 268 g/mol. The minimum Gasteiger partial charge on any atom is -0.486 e. The summed E-state index contributed by atoms with van der Waals surface area (Å²) >= 11 is 0. The van der Waals surface area contributed by atoms with Crippen molar-refractivity contribution in [1.29, 1.82) is 0 Å². The number of hydrogen-bond acceptors (Lipinski definition) is 3. The number of carboxylic acids is 1. The summed E-state index contributed by atoms with van der Waals surface area (Å²) in [6.45, 7) is 2.27. The van der Waals surface area contributed by atoms with Crippen molar-refractivity contribution in [3.8, 4) is 5.75 Å². The van der Waals surface area contributed by atoms with E-state index < -0.39 is 5.97 Å². The average Bonchev–Trinajstić information content (AvgIpc) is 2.89. The highest BCUT2D eigenvalue weighted by Crippen LogP contribution is 2.24. The lowest BCUT2D eigenvalue weighted by Gasteiger charge is -2.03. The van der Waals surface area contributed by atoms with Crippen molar-refractivity contribution < 1.29 is 19.1 Å². The van der Waals surface area contributed by atoms with E-state index in [9.17, 15) is 4.79 Å². The molecule has 4 heteroatoms. The summed E-state index contributed by atoms with van der Waals surface area (Å²) in [5.41, 5.74) is 1.95. The van der Waals surface area contributed by atoms with Gasteiger partial charge < -0.3 is 14.3 Å². The highest BCUT2D eigenvalue weighted by Gasteiger charge is 2.12. The fourth-order valence-corrected chi connectivity index (χ4v) is 2.16. The molecule has 0 fully saturated rings. The molecule has 1 aromatic heterocycles. The third-order valence-electron chi connectivity index (χ3n) is 3.24. The molecular formula is C17H14O4. The second kappa shape index (κ2) is 5.32. The number of carbonyl (C=O) groups is 1. The Balaban J connectivity index is 1.83. The summed E-state index contributed by atoms with van der Waals surface area (Å²) in [7, 11) is 0. The van der Waals surface area contributed by atoms with E-state index in [0.717, 1.165) is 11.3 Å². The second-order valence-electron chi connectivity index (χ2n) is 4.84. The van der Waals surface area contributed by atoms with E-state index in [1.807, 2.05) is 31.2 Å². The van der Waals surface area contributed by atoms with Crippen LogP contribution in [-0.2, 0) is 6.61 Å². The van der Waals surface area contributed by atoms with Gasteiger partial charge in [0.25, 0.3) is 0 Å². The van der Waals surface area contributed by atoms with Gasteiger partial charge in [-0.2, -0.15) is 0 Å². The normalized spacial score (nSPS) is 10.7. The SMILES string of the molecule is Cc1ccc(OCc2cc3c(C(=O)O)cccc3o2)cc1. The number of benzene rings is 2. The van der Waals surface area contributed by atoms with Crippen molar-refractivity contribution in [2.24, 2.45) is 0 Å². The minimum atomic E-state index is -0.965. The van der Waals surface area contributed by atoms with Crippen molar-refractivity contribution in [2.45, 2.75) is 13.5 Å². The summed E-state index contributed by atoms with van der Waals surface area (Å²) in [5, 5.41) is 9.74. The summed E-state index contributed by atoms with van der Waals surface area (Å²) in [5.74, 6) is 0.381. The molecule has 2 aromatic carbocycles. The Morgan fingerprint density at radius 2 is 1.95 bits per heavy atom. The lowest BCUT2D eigenvalue weighted by atomic mass is 10.1. The van der Waals surface area contributed by atoms with Gasteiger partial charge in [-0.05, 0) is 37.3 Å². The van der Waals surface area contributed by atoms with E-state index in [2.05, 4.69) is 0 Å². The lowest BCUT2D eigenvalue weighted by molar-refractivity contribution is 0.0699. The average molecular weight is 282 g/mol. The monoisotopic (exact) mass is 282 g/mol. The smallest absolute Gasteiger partial charge is 0.336 e. The van der Waals surface area contributed by atoms with E-state index >= 15 is 0 Å². The molecule has 4 nitrogen and oxygen atoms in total. The first kappa shape index (κ1) is 13.2. The zero-order valence-electron chi connectivity index (χ0n) is 11.5. The molecule has 0 spiro atoms. The standard InChI is InChI=1S/C17H14O4/c1-11-5-7-12(8-6-11)20-10-13-9-15-14(17(18)19)3-2-4-16(15)21-13/h2-9H,10H2,1H3,(H,18,19). The Morgan fingerprint density at radius 1 is 1.19 bits per heavy atom. The van der Waals surface area contributed by atoms with Gasteiger partial charge in [-0.15, -0.1) is 0 Å². The molecule has 1 heterocycles. The van der Waals surface area contributed by atoms with Crippen LogP contribution >= 0.6 is 0 Å². The maximum atomic E-state index is 11.2. The van der Waals surface area contributed by atoms with Gasteiger partial charge >= 0.3 is 5.97 Å². The van der Waals surface area contributed by atoms with Crippen LogP contribution in [0, 0.1) is 6.92 Å². The van der Waals surface area contributed by atoms with Crippen molar-refractivity contribution in [3.63, 3.8) is 0 Å². The Kier molecular flexibility index (Phi) is 3.36. The second-order valence-corrected chi connectivity index (χ2v) is 4.84. The number of aryl methyl sites for hydroxylation is 1. The molecule has 0 aliphatic carbocycles. The number of furan rings is 1. The first-order chi connectivity index (χ1) is 10.1. The molecule has 106 valence electrons. The van der Waals surface area contributed by atoms with Crippen LogP contribution in [0.3, 0.4) is 0 Å². The molecule has 0 amide bonds. The van der Waals surface area contributed by atoms with Gasteiger partial charge in [0.15, 0.2) is 0 Å². The predicted octanol–water partition coefficient (Wildman–Crippen LogP) is 4.02. The van der Waals surface area contributed by atoms with Gasteiger partial charge in [-0.1, -0.05) is 23.8 Å². The topological polar surface area (TPSA) is 59.7 Å². The summed E-state index contributed by atoms with van der Waals surface area (Å²) < 4.78 is 11.3. The van der Waals surface area contributed by atoms with Crippen molar-refractivity contribution in [1.82, 2.24) is 0 Å². The minimum absolute atomic E-state index is 0.234. The van der Waals surface area contributed by atoms with Gasteiger partial charge in [-0.3, -0.25) is 0 Å². The fourth-order valence-electron chi connectivity index (χ4n) is 2.16. The maximum Gasteiger partial charge on any atom is 0.336 e. The number of fused-ring (bicyclic) bond motifs is 1. The quantitative estimate of drug-likeness (QED) is 0.785. The van der Waals surface area contributed by atoms with E-state index in [-0.39, 0.29) is 12.2 Å². The van der Waals surface area contributed by atoms with Crippen LogP contribution in [0.25, 0.3) is 11.0 Å². The number of ether oxygens (including phenoxy) is 1. The lowest BCUT2D eigenvalue weighted by Crippen LogP contribution is -1.95. The van der Waals surface area contributed by atoms with Crippen LogP contribution in [0.1, 0.15) is 21.7 Å². The van der Waals surface area contributed by atoms with Crippen molar-refractivity contribution in [3.05, 3.63) is 65.4 Å². The van der Waals surface area contributed by atoms with Crippen LogP contribution in [-0.4, -0.2) is 11.1 Å². The molecule has 0 radical (unpaired) electrons. The molecule has 0 bridgehead atoms. The van der Waals surface area contributed by atoms with E-state index in [0.29, 0.717) is 16.7 Å². The maximum absolute atomic E-state index is 11.2. The molecule has 0 saturated heterocycles. The number of rotatable bonds is 4. The number of hydrogen-bond donors (Lipinski definition) is 1. The number of aromatic carboxylic acids is 1. The Hall–Kier alpha value is -2.75. The molecule has 0 unspecified atom stereocenters. The Morgan fingerprint density at radius 3 is 2.67 bits per heavy atom. The van der Waals surface area contributed by atoms with Crippen LogP contribution in [0.5, 0.6) is 5.75 Å². The van der Waals surface area contributed by atoms with Crippen LogP contribution < -0.4 is 4.74 Å². The van der Waals surface area contributed by atoms with E-state index in [4.69, 9.17) is 14.3 Å². The zero-order chi connectivity index (χ0) is 14.8. The van der Waals surface area contributed by atoms with Gasteiger partial charge in [-0.25, -0.2) is 4.79 Å². The fraction of sp³-hybridized carbons (Fsp3) is 0.118. The van der Waals surface area contributed by atoms with Gasteiger partial charge in [0, 0.05) is 5.39 Å². The summed E-state index contributed by atoms with van der Waals surface area (Å²) in [6.07, 6.45) is 0. The molecule has 21 heavy (non-hydrogen) atoms. The van der Waals surface area contributed by atoms with Crippen LogP contribution in [0.15, 0.2) is 52.9 Å². The van der Waals surface area contributed by atoms with E-state index in [1.54, 1.807) is 24.3 Å².